The van der Waals surface area contributed by atoms with Gasteiger partial charge in [-0.3, -0.25) is 0 Å². The minimum absolute atomic E-state index is 0.344. The van der Waals surface area contributed by atoms with Crippen molar-refractivity contribution < 1.29 is 13.2 Å². The molecule has 0 saturated heterocycles. The zero-order chi connectivity index (χ0) is 14.8. The summed E-state index contributed by atoms with van der Waals surface area (Å²) in [6, 6.07) is 8.64. The average molecular weight is 278 g/mol. The first-order chi connectivity index (χ1) is 9.40. The number of hydrogen-bond acceptors (Lipinski definition) is 2. The second-order valence-electron chi connectivity index (χ2n) is 4.31. The van der Waals surface area contributed by atoms with Crippen molar-refractivity contribution in [1.29, 1.82) is 0 Å². The van der Waals surface area contributed by atoms with Crippen LogP contribution in [0, 0.1) is 6.92 Å². The molecule has 2 nitrogen and oxygen atoms in total. The minimum Gasteiger partial charge on any atom is -0.340 e. The number of nitrogens with one attached hydrogen (secondary N) is 1. The van der Waals surface area contributed by atoms with Gasteiger partial charge in [0.15, 0.2) is 0 Å². The fourth-order valence-electron chi connectivity index (χ4n) is 1.69. The predicted molar refractivity (Wildman–Crippen MR) is 73.8 cm³/mol. The molecule has 1 aromatic heterocycles. The molecule has 0 amide bonds. The maximum Gasteiger partial charge on any atom is 0.416 e. The van der Waals surface area contributed by atoms with Crippen molar-refractivity contribution in [2.75, 3.05) is 5.32 Å². The fourth-order valence-corrected chi connectivity index (χ4v) is 1.69. The van der Waals surface area contributed by atoms with Gasteiger partial charge in [-0.2, -0.15) is 13.2 Å². The van der Waals surface area contributed by atoms with E-state index in [1.165, 1.54) is 6.07 Å². The lowest BCUT2D eigenvalue weighted by Gasteiger charge is -2.12. The molecule has 0 unspecified atom stereocenters. The molecule has 2 rings (SSSR count). The third-order valence-corrected chi connectivity index (χ3v) is 2.78. The van der Waals surface area contributed by atoms with Crippen LogP contribution in [0.4, 0.5) is 24.7 Å². The standard InChI is InChI=1S/C15H13F3N2/c1-3-12-8-7-10(2)14(19-12)20-13-6-4-5-11(9-13)15(16,17)18/h3-9H,1H2,2H3,(H,19,20). The fraction of sp³-hybridized carbons (Fsp3) is 0.133. The van der Waals surface area contributed by atoms with E-state index in [0.717, 1.165) is 17.7 Å². The summed E-state index contributed by atoms with van der Waals surface area (Å²) >= 11 is 0. The van der Waals surface area contributed by atoms with Gasteiger partial charge >= 0.3 is 6.18 Å². The van der Waals surface area contributed by atoms with Crippen LogP contribution in [-0.2, 0) is 6.18 Å². The van der Waals surface area contributed by atoms with Crippen molar-refractivity contribution in [2.24, 2.45) is 0 Å². The van der Waals surface area contributed by atoms with Crippen molar-refractivity contribution in [2.45, 2.75) is 13.1 Å². The highest BCUT2D eigenvalue weighted by Crippen LogP contribution is 2.31. The Kier molecular flexibility index (Phi) is 3.79. The van der Waals surface area contributed by atoms with Crippen LogP contribution in [0.1, 0.15) is 16.8 Å². The summed E-state index contributed by atoms with van der Waals surface area (Å²) in [7, 11) is 0. The molecule has 0 radical (unpaired) electrons. The summed E-state index contributed by atoms with van der Waals surface area (Å²) in [5, 5.41) is 2.90. The van der Waals surface area contributed by atoms with E-state index in [-0.39, 0.29) is 0 Å². The lowest BCUT2D eigenvalue weighted by molar-refractivity contribution is -0.137. The maximum atomic E-state index is 12.6. The van der Waals surface area contributed by atoms with Gasteiger partial charge in [0.25, 0.3) is 0 Å². The van der Waals surface area contributed by atoms with Crippen LogP contribution in [0.5, 0.6) is 0 Å². The first kappa shape index (κ1) is 14.1. The van der Waals surface area contributed by atoms with Crippen molar-refractivity contribution in [3.63, 3.8) is 0 Å². The largest absolute Gasteiger partial charge is 0.416 e. The number of nitrogens with zero attached hydrogens (tertiary/aromatic N) is 1. The van der Waals surface area contributed by atoms with E-state index in [0.29, 0.717) is 17.2 Å². The summed E-state index contributed by atoms with van der Waals surface area (Å²) in [5.74, 6) is 0.515. The zero-order valence-electron chi connectivity index (χ0n) is 10.8. The first-order valence-corrected chi connectivity index (χ1v) is 5.94. The second-order valence-corrected chi connectivity index (χ2v) is 4.31. The Morgan fingerprint density at radius 1 is 1.20 bits per heavy atom. The van der Waals surface area contributed by atoms with Crippen molar-refractivity contribution in [1.82, 2.24) is 4.98 Å². The molecule has 0 fully saturated rings. The predicted octanol–water partition coefficient (Wildman–Crippen LogP) is 4.80. The van der Waals surface area contributed by atoms with Gasteiger partial charge < -0.3 is 5.32 Å². The van der Waals surface area contributed by atoms with Crippen LogP contribution >= 0.6 is 0 Å². The normalized spacial score (nSPS) is 11.2. The number of aromatic nitrogens is 1. The van der Waals surface area contributed by atoms with Gasteiger partial charge in [-0.15, -0.1) is 0 Å². The summed E-state index contributed by atoms with van der Waals surface area (Å²) in [5.41, 5.74) is 1.15. The molecule has 0 aliphatic heterocycles. The molecule has 0 bridgehead atoms. The molecule has 104 valence electrons. The van der Waals surface area contributed by atoms with E-state index in [9.17, 15) is 13.2 Å². The van der Waals surface area contributed by atoms with Gasteiger partial charge in [0.1, 0.15) is 5.82 Å². The molecule has 20 heavy (non-hydrogen) atoms. The van der Waals surface area contributed by atoms with E-state index < -0.39 is 11.7 Å². The molecule has 0 aliphatic carbocycles. The molecule has 1 N–H and O–H groups in total. The van der Waals surface area contributed by atoms with E-state index in [4.69, 9.17) is 0 Å². The number of aryl methyl sites for hydroxylation is 1. The number of hydrogen-bond donors (Lipinski definition) is 1. The van der Waals surface area contributed by atoms with E-state index in [2.05, 4.69) is 16.9 Å². The van der Waals surface area contributed by atoms with Crippen LogP contribution in [-0.4, -0.2) is 4.98 Å². The summed E-state index contributed by atoms with van der Waals surface area (Å²) in [6.07, 6.45) is -2.78. The number of alkyl halides is 3. The van der Waals surface area contributed by atoms with Crippen molar-refractivity contribution in [3.8, 4) is 0 Å². The molecule has 0 spiro atoms. The first-order valence-electron chi connectivity index (χ1n) is 5.94. The number of rotatable bonds is 3. The highest BCUT2D eigenvalue weighted by molar-refractivity contribution is 5.61. The summed E-state index contributed by atoms with van der Waals surface area (Å²) < 4.78 is 37.9. The number of halogens is 3. The van der Waals surface area contributed by atoms with E-state index in [1.54, 1.807) is 18.2 Å². The highest BCUT2D eigenvalue weighted by atomic mass is 19.4. The molecule has 1 aromatic carbocycles. The van der Waals surface area contributed by atoms with Crippen molar-refractivity contribution >= 4 is 17.6 Å². The Labute approximate surface area is 115 Å². The van der Waals surface area contributed by atoms with Crippen LogP contribution in [0.2, 0.25) is 0 Å². The number of anilines is 2. The Bertz CT molecular complexity index is 633. The van der Waals surface area contributed by atoms with Gasteiger partial charge in [-0.1, -0.05) is 18.7 Å². The second kappa shape index (κ2) is 5.36. The van der Waals surface area contributed by atoms with Gasteiger partial charge in [-0.05, 0) is 42.8 Å². The quantitative estimate of drug-likeness (QED) is 0.872. The molecule has 5 heteroatoms. The molecule has 0 aliphatic rings. The summed E-state index contributed by atoms with van der Waals surface area (Å²) in [4.78, 5) is 4.27. The number of pyridine rings is 1. The Balaban J connectivity index is 2.33. The third-order valence-electron chi connectivity index (χ3n) is 2.78. The Morgan fingerprint density at radius 2 is 1.95 bits per heavy atom. The number of benzene rings is 1. The Morgan fingerprint density at radius 3 is 2.60 bits per heavy atom. The van der Waals surface area contributed by atoms with E-state index >= 15 is 0 Å². The zero-order valence-corrected chi connectivity index (χ0v) is 10.8. The van der Waals surface area contributed by atoms with Gasteiger partial charge in [0.2, 0.25) is 0 Å². The minimum atomic E-state index is -4.36. The van der Waals surface area contributed by atoms with Crippen LogP contribution in [0.15, 0.2) is 43.0 Å². The lowest BCUT2D eigenvalue weighted by Crippen LogP contribution is -2.05. The highest BCUT2D eigenvalue weighted by Gasteiger charge is 2.30. The Hall–Kier alpha value is -2.30. The molecule has 1 heterocycles. The van der Waals surface area contributed by atoms with Gasteiger partial charge in [0.05, 0.1) is 11.3 Å². The average Bonchev–Trinajstić information content (AvgIpc) is 2.41. The maximum absolute atomic E-state index is 12.6. The molecular weight excluding hydrogens is 265 g/mol. The van der Waals surface area contributed by atoms with Gasteiger partial charge in [0, 0.05) is 5.69 Å². The van der Waals surface area contributed by atoms with Crippen LogP contribution in [0.25, 0.3) is 6.08 Å². The lowest BCUT2D eigenvalue weighted by atomic mass is 10.2. The van der Waals surface area contributed by atoms with Crippen LogP contribution in [0.3, 0.4) is 0 Å². The molecule has 0 saturated carbocycles. The third kappa shape index (κ3) is 3.17. The SMILES string of the molecule is C=Cc1ccc(C)c(Nc2cccc(C(F)(F)F)c2)n1. The molecular formula is C15H13F3N2. The smallest absolute Gasteiger partial charge is 0.340 e. The van der Waals surface area contributed by atoms with Crippen LogP contribution < -0.4 is 5.32 Å². The van der Waals surface area contributed by atoms with Crippen molar-refractivity contribution in [3.05, 3.63) is 59.8 Å². The molecule has 2 aromatic rings. The van der Waals surface area contributed by atoms with E-state index in [1.807, 2.05) is 13.0 Å². The monoisotopic (exact) mass is 278 g/mol. The summed E-state index contributed by atoms with van der Waals surface area (Å²) in [6.45, 7) is 5.45. The van der Waals surface area contributed by atoms with Gasteiger partial charge in [-0.25, -0.2) is 4.98 Å². The topological polar surface area (TPSA) is 24.9 Å². The molecule has 0 atom stereocenters.